The molecule has 1 aliphatic rings. The molecule has 0 saturated carbocycles. The fourth-order valence-electron chi connectivity index (χ4n) is 4.74. The first-order valence-electron chi connectivity index (χ1n) is 11.4. The molecule has 34 heavy (non-hydrogen) atoms. The molecule has 5 rings (SSSR count). The number of nitrogens with one attached hydrogen (secondary N) is 1. The molecule has 0 radical (unpaired) electrons. The zero-order chi connectivity index (χ0) is 24.1. The number of halogens is 1. The van der Waals surface area contributed by atoms with Crippen molar-refractivity contribution in [3.8, 4) is 0 Å². The molecule has 0 bridgehead atoms. The van der Waals surface area contributed by atoms with Gasteiger partial charge in [0.15, 0.2) is 5.82 Å². The van der Waals surface area contributed by atoms with Crippen LogP contribution in [0.3, 0.4) is 0 Å². The molecule has 1 N–H and O–H groups in total. The first-order chi connectivity index (χ1) is 16.2. The van der Waals surface area contributed by atoms with E-state index in [0.717, 1.165) is 24.2 Å². The maximum atomic E-state index is 14.5. The van der Waals surface area contributed by atoms with Gasteiger partial charge in [0.05, 0.1) is 11.1 Å². The Morgan fingerprint density at radius 3 is 2.59 bits per heavy atom. The summed E-state index contributed by atoms with van der Waals surface area (Å²) >= 11 is 0. The van der Waals surface area contributed by atoms with E-state index < -0.39 is 5.82 Å². The number of hydrogen-bond acceptors (Lipinski definition) is 6. The van der Waals surface area contributed by atoms with Crippen molar-refractivity contribution < 1.29 is 9.18 Å². The largest absolute Gasteiger partial charge is 0.368 e. The summed E-state index contributed by atoms with van der Waals surface area (Å²) in [6.07, 6.45) is 3.51. The van der Waals surface area contributed by atoms with Crippen LogP contribution in [-0.2, 0) is 7.05 Å². The zero-order valence-corrected chi connectivity index (χ0v) is 20.0. The first-order valence-corrected chi connectivity index (χ1v) is 11.4. The quantitative estimate of drug-likeness (QED) is 0.501. The minimum Gasteiger partial charge on any atom is -0.368 e. The van der Waals surface area contributed by atoms with Crippen LogP contribution >= 0.6 is 0 Å². The minimum absolute atomic E-state index is 0.273. The summed E-state index contributed by atoms with van der Waals surface area (Å²) in [5, 5.41) is 8.40. The third-order valence-corrected chi connectivity index (χ3v) is 6.73. The van der Waals surface area contributed by atoms with Crippen molar-refractivity contribution in [3.63, 3.8) is 0 Å². The van der Waals surface area contributed by atoms with Gasteiger partial charge in [0.2, 0.25) is 0 Å². The number of carbonyl (C=O) groups excluding carboxylic acids is 1. The van der Waals surface area contributed by atoms with E-state index in [-0.39, 0.29) is 11.4 Å². The second-order valence-electron chi connectivity index (χ2n) is 9.23. The molecule has 0 spiro atoms. The number of anilines is 2. The van der Waals surface area contributed by atoms with Gasteiger partial charge in [0, 0.05) is 66.8 Å². The van der Waals surface area contributed by atoms with E-state index in [1.807, 2.05) is 6.07 Å². The highest BCUT2D eigenvalue weighted by Crippen LogP contribution is 2.31. The monoisotopic (exact) mass is 461 g/mol. The Kier molecular flexibility index (Phi) is 5.44. The van der Waals surface area contributed by atoms with Crippen molar-refractivity contribution >= 4 is 39.1 Å². The molecule has 8 nitrogen and oxygen atoms in total. The second kappa shape index (κ2) is 8.32. The molecule has 9 heteroatoms. The normalized spacial score (nSPS) is 19.2. The van der Waals surface area contributed by atoms with Crippen molar-refractivity contribution in [2.45, 2.75) is 32.9 Å². The van der Waals surface area contributed by atoms with Gasteiger partial charge in [-0.1, -0.05) is 0 Å². The summed E-state index contributed by atoms with van der Waals surface area (Å²) in [5.74, 6) is -0.246. The molecule has 1 fully saturated rings. The SMILES string of the molecule is Cc1ncc2c(N3C[C@@H](C)N(C)[C@@H](C)C3)ccc(C(=O)Nc3cc(F)c4nn(C)cc4c3)c2n1. The van der Waals surface area contributed by atoms with Gasteiger partial charge in [0.25, 0.3) is 5.91 Å². The molecule has 3 heterocycles. The summed E-state index contributed by atoms with van der Waals surface area (Å²) in [6.45, 7) is 7.98. The standard InChI is InChI=1S/C25H28FN7O/c1-14-11-33(12-15(2)32(14)5)22-7-6-19(24-20(22)10-27-16(3)28-24)25(34)29-18-8-17-13-31(4)30-23(17)21(26)9-18/h6-10,13-15H,11-12H2,1-5H3,(H,29,34)/t14-,15+. The number of hydrogen-bond donors (Lipinski definition) is 1. The molecule has 0 aliphatic carbocycles. The van der Waals surface area contributed by atoms with E-state index in [1.165, 1.54) is 6.07 Å². The van der Waals surface area contributed by atoms with Crippen molar-refractivity contribution in [2.75, 3.05) is 30.4 Å². The maximum Gasteiger partial charge on any atom is 0.257 e. The predicted molar refractivity (Wildman–Crippen MR) is 132 cm³/mol. The summed E-state index contributed by atoms with van der Waals surface area (Å²) in [5.41, 5.74) is 2.67. The van der Waals surface area contributed by atoms with E-state index in [1.54, 1.807) is 43.2 Å². The number of fused-ring (bicyclic) bond motifs is 2. The number of aryl methyl sites for hydroxylation is 2. The number of piperazine rings is 1. The molecule has 1 saturated heterocycles. The summed E-state index contributed by atoms with van der Waals surface area (Å²) in [7, 11) is 3.88. The van der Waals surface area contributed by atoms with Crippen molar-refractivity contribution in [3.05, 3.63) is 53.9 Å². The van der Waals surface area contributed by atoms with Gasteiger partial charge in [-0.2, -0.15) is 5.10 Å². The fraction of sp³-hybridized carbons (Fsp3) is 0.360. The lowest BCUT2D eigenvalue weighted by Gasteiger charge is -2.43. The highest BCUT2D eigenvalue weighted by molar-refractivity contribution is 6.14. The Balaban J connectivity index is 1.52. The number of carbonyl (C=O) groups is 1. The Labute approximate surface area is 197 Å². The second-order valence-corrected chi connectivity index (χ2v) is 9.23. The lowest BCUT2D eigenvalue weighted by atomic mass is 10.0. The van der Waals surface area contributed by atoms with E-state index in [9.17, 15) is 9.18 Å². The minimum atomic E-state index is -0.481. The Hall–Kier alpha value is -3.59. The van der Waals surface area contributed by atoms with E-state index in [0.29, 0.717) is 40.1 Å². The number of nitrogens with zero attached hydrogens (tertiary/aromatic N) is 6. The van der Waals surface area contributed by atoms with Crippen LogP contribution in [0.2, 0.25) is 0 Å². The van der Waals surface area contributed by atoms with Crippen LogP contribution in [0.1, 0.15) is 30.0 Å². The summed E-state index contributed by atoms with van der Waals surface area (Å²) in [4.78, 5) is 27.0. The van der Waals surface area contributed by atoms with Crippen LogP contribution in [0.15, 0.2) is 36.7 Å². The molecular weight excluding hydrogens is 433 g/mol. The zero-order valence-electron chi connectivity index (χ0n) is 20.0. The molecule has 2 aromatic heterocycles. The molecule has 0 unspecified atom stereocenters. The van der Waals surface area contributed by atoms with Crippen LogP contribution in [0.4, 0.5) is 15.8 Å². The van der Waals surface area contributed by atoms with Crippen LogP contribution in [0.25, 0.3) is 21.8 Å². The van der Waals surface area contributed by atoms with E-state index in [4.69, 9.17) is 0 Å². The number of rotatable bonds is 3. The third-order valence-electron chi connectivity index (χ3n) is 6.73. The average Bonchev–Trinajstić information content (AvgIpc) is 3.17. The molecule has 2 atom stereocenters. The fourth-order valence-corrected chi connectivity index (χ4v) is 4.74. The van der Waals surface area contributed by atoms with Crippen molar-refractivity contribution in [2.24, 2.45) is 7.05 Å². The van der Waals surface area contributed by atoms with Gasteiger partial charge < -0.3 is 10.2 Å². The highest BCUT2D eigenvalue weighted by atomic mass is 19.1. The lowest BCUT2D eigenvalue weighted by molar-refractivity contribution is 0.102. The summed E-state index contributed by atoms with van der Waals surface area (Å²) < 4.78 is 16.1. The number of amides is 1. The van der Waals surface area contributed by atoms with Crippen molar-refractivity contribution in [1.29, 1.82) is 0 Å². The van der Waals surface area contributed by atoms with Crippen molar-refractivity contribution in [1.82, 2.24) is 24.6 Å². The number of benzene rings is 2. The van der Waals surface area contributed by atoms with Crippen LogP contribution in [0.5, 0.6) is 0 Å². The Morgan fingerprint density at radius 2 is 1.85 bits per heavy atom. The Morgan fingerprint density at radius 1 is 1.12 bits per heavy atom. The van der Waals surface area contributed by atoms with Crippen LogP contribution in [-0.4, -0.2) is 62.8 Å². The van der Waals surface area contributed by atoms with E-state index in [2.05, 4.69) is 51.1 Å². The van der Waals surface area contributed by atoms with E-state index >= 15 is 0 Å². The van der Waals surface area contributed by atoms with Gasteiger partial charge in [-0.3, -0.25) is 14.4 Å². The number of likely N-dealkylation sites (N-methyl/N-ethyl adjacent to an activating group) is 1. The molecule has 176 valence electrons. The van der Waals surface area contributed by atoms with Gasteiger partial charge in [-0.05, 0) is 52.1 Å². The maximum absolute atomic E-state index is 14.5. The topological polar surface area (TPSA) is 79.2 Å². The molecule has 1 amide bonds. The van der Waals surface area contributed by atoms with Gasteiger partial charge in [-0.25, -0.2) is 14.4 Å². The van der Waals surface area contributed by atoms with Crippen LogP contribution in [0, 0.1) is 12.7 Å². The smallest absolute Gasteiger partial charge is 0.257 e. The Bertz CT molecular complexity index is 1400. The number of aromatic nitrogens is 4. The van der Waals surface area contributed by atoms with Crippen LogP contribution < -0.4 is 10.2 Å². The highest BCUT2D eigenvalue weighted by Gasteiger charge is 2.28. The predicted octanol–water partition coefficient (Wildman–Crippen LogP) is 3.75. The molecule has 4 aromatic rings. The first kappa shape index (κ1) is 22.2. The molecular formula is C25H28FN7O. The molecule has 1 aliphatic heterocycles. The lowest BCUT2D eigenvalue weighted by Crippen LogP contribution is -2.55. The average molecular weight is 462 g/mol. The van der Waals surface area contributed by atoms with Gasteiger partial charge >= 0.3 is 0 Å². The van der Waals surface area contributed by atoms with Gasteiger partial charge in [-0.15, -0.1) is 0 Å². The third kappa shape index (κ3) is 3.86. The van der Waals surface area contributed by atoms with Gasteiger partial charge in [0.1, 0.15) is 11.3 Å². The molecule has 2 aromatic carbocycles. The summed E-state index contributed by atoms with van der Waals surface area (Å²) in [6, 6.07) is 7.55.